The lowest BCUT2D eigenvalue weighted by Gasteiger charge is -2.20. The molecular formula is C11H19F3N4O. The summed E-state index contributed by atoms with van der Waals surface area (Å²) in [7, 11) is 2.67. The van der Waals surface area contributed by atoms with E-state index >= 15 is 0 Å². The Morgan fingerprint density at radius 2 is 2.05 bits per heavy atom. The lowest BCUT2D eigenvalue weighted by Crippen LogP contribution is -2.46. The van der Waals surface area contributed by atoms with E-state index in [4.69, 9.17) is 0 Å². The molecule has 0 spiro atoms. The Kier molecular flexibility index (Phi) is 5.02. The third-order valence-electron chi connectivity index (χ3n) is 2.90. The van der Waals surface area contributed by atoms with E-state index in [2.05, 4.69) is 22.5 Å². The summed E-state index contributed by atoms with van der Waals surface area (Å²) in [5.74, 6) is 0.356. The van der Waals surface area contributed by atoms with Crippen molar-refractivity contribution in [2.45, 2.75) is 25.6 Å². The Balaban J connectivity index is 2.31. The standard InChI is InChI=1S/C11H19F3N4O/c1-7-4-8(7)17-10(15-2)16-5-9(19)18(3)6-11(12,13)14/h7-8H,4-6H2,1-3H3,(H2,15,16,17). The monoisotopic (exact) mass is 280 g/mol. The van der Waals surface area contributed by atoms with Gasteiger partial charge in [0.25, 0.3) is 0 Å². The highest BCUT2D eigenvalue weighted by Gasteiger charge is 2.33. The molecule has 1 aliphatic carbocycles. The lowest BCUT2D eigenvalue weighted by molar-refractivity contribution is -0.157. The second kappa shape index (κ2) is 6.12. The van der Waals surface area contributed by atoms with Gasteiger partial charge in [0.1, 0.15) is 6.54 Å². The Hall–Kier alpha value is -1.47. The molecule has 5 nitrogen and oxygen atoms in total. The predicted molar refractivity (Wildman–Crippen MR) is 65.8 cm³/mol. The minimum Gasteiger partial charge on any atom is -0.353 e. The van der Waals surface area contributed by atoms with E-state index in [0.717, 1.165) is 13.5 Å². The van der Waals surface area contributed by atoms with Crippen molar-refractivity contribution in [3.8, 4) is 0 Å². The van der Waals surface area contributed by atoms with Crippen molar-refractivity contribution in [1.82, 2.24) is 15.5 Å². The normalized spacial score (nSPS) is 22.9. The summed E-state index contributed by atoms with van der Waals surface area (Å²) in [5.41, 5.74) is 0. The molecule has 0 heterocycles. The van der Waals surface area contributed by atoms with Gasteiger partial charge < -0.3 is 15.5 Å². The summed E-state index contributed by atoms with van der Waals surface area (Å²) >= 11 is 0. The van der Waals surface area contributed by atoms with Gasteiger partial charge in [-0.1, -0.05) is 6.92 Å². The van der Waals surface area contributed by atoms with Crippen LogP contribution in [-0.2, 0) is 4.79 Å². The minimum atomic E-state index is -4.38. The Morgan fingerprint density at radius 3 is 2.47 bits per heavy atom. The molecule has 1 aliphatic rings. The first-order chi connectivity index (χ1) is 8.73. The second-order valence-electron chi connectivity index (χ2n) is 4.75. The van der Waals surface area contributed by atoms with Crippen LogP contribution in [0.15, 0.2) is 4.99 Å². The van der Waals surface area contributed by atoms with Crippen LogP contribution in [-0.4, -0.2) is 56.2 Å². The van der Waals surface area contributed by atoms with Gasteiger partial charge in [-0.05, 0) is 12.3 Å². The number of aliphatic imine (C=N–C) groups is 1. The van der Waals surface area contributed by atoms with E-state index in [9.17, 15) is 18.0 Å². The van der Waals surface area contributed by atoms with Crippen LogP contribution in [0.25, 0.3) is 0 Å². The molecule has 1 fully saturated rings. The van der Waals surface area contributed by atoms with Crippen LogP contribution >= 0.6 is 0 Å². The van der Waals surface area contributed by atoms with Crippen LogP contribution in [0.3, 0.4) is 0 Å². The summed E-state index contributed by atoms with van der Waals surface area (Å²) in [5, 5.41) is 5.79. The van der Waals surface area contributed by atoms with Gasteiger partial charge in [0.15, 0.2) is 5.96 Å². The van der Waals surface area contributed by atoms with Crippen LogP contribution in [0.5, 0.6) is 0 Å². The number of alkyl halides is 3. The number of guanidine groups is 1. The first-order valence-electron chi connectivity index (χ1n) is 6.01. The largest absolute Gasteiger partial charge is 0.406 e. The van der Waals surface area contributed by atoms with E-state index < -0.39 is 18.6 Å². The van der Waals surface area contributed by atoms with Crippen molar-refractivity contribution < 1.29 is 18.0 Å². The third kappa shape index (κ3) is 5.80. The summed E-state index contributed by atoms with van der Waals surface area (Å²) in [6, 6.07) is 0.328. The summed E-state index contributed by atoms with van der Waals surface area (Å²) in [4.78, 5) is 16.0. The Bertz CT molecular complexity index is 356. The van der Waals surface area contributed by atoms with Crippen LogP contribution in [0.1, 0.15) is 13.3 Å². The molecule has 2 unspecified atom stereocenters. The molecule has 0 radical (unpaired) electrons. The molecule has 19 heavy (non-hydrogen) atoms. The smallest absolute Gasteiger partial charge is 0.353 e. The van der Waals surface area contributed by atoms with Crippen molar-refractivity contribution in [1.29, 1.82) is 0 Å². The lowest BCUT2D eigenvalue weighted by atomic mass is 10.4. The summed E-state index contributed by atoms with van der Waals surface area (Å²) < 4.78 is 36.3. The van der Waals surface area contributed by atoms with Crippen LogP contribution in [0.4, 0.5) is 13.2 Å². The highest BCUT2D eigenvalue weighted by Crippen LogP contribution is 2.28. The molecule has 0 aromatic rings. The van der Waals surface area contributed by atoms with Crippen molar-refractivity contribution in [3.05, 3.63) is 0 Å². The molecule has 0 aliphatic heterocycles. The van der Waals surface area contributed by atoms with Gasteiger partial charge in [0.05, 0.1) is 6.54 Å². The number of halogens is 3. The molecule has 1 rings (SSSR count). The average Bonchev–Trinajstić information content (AvgIpc) is 2.97. The molecule has 2 atom stereocenters. The SMILES string of the molecule is CN=C(NCC(=O)N(C)CC(F)(F)F)NC1CC1C. The quantitative estimate of drug-likeness (QED) is 0.585. The maximum atomic E-state index is 12.1. The summed E-state index contributed by atoms with van der Waals surface area (Å²) in [6.45, 7) is 0.611. The van der Waals surface area contributed by atoms with Crippen molar-refractivity contribution in [2.24, 2.45) is 10.9 Å². The molecule has 0 saturated heterocycles. The number of amides is 1. The molecule has 8 heteroatoms. The van der Waals surface area contributed by atoms with Crippen LogP contribution < -0.4 is 10.6 Å². The molecule has 0 aromatic carbocycles. The van der Waals surface area contributed by atoms with Crippen molar-refractivity contribution in [3.63, 3.8) is 0 Å². The number of hydrogen-bond acceptors (Lipinski definition) is 2. The molecule has 0 aromatic heterocycles. The minimum absolute atomic E-state index is 0.215. The fourth-order valence-corrected chi connectivity index (χ4v) is 1.54. The number of nitrogens with zero attached hydrogens (tertiary/aromatic N) is 2. The first kappa shape index (κ1) is 15.6. The van der Waals surface area contributed by atoms with Crippen LogP contribution in [0.2, 0.25) is 0 Å². The van der Waals surface area contributed by atoms with Gasteiger partial charge in [0, 0.05) is 20.1 Å². The maximum absolute atomic E-state index is 12.1. The molecule has 2 N–H and O–H groups in total. The topological polar surface area (TPSA) is 56.7 Å². The fourth-order valence-electron chi connectivity index (χ4n) is 1.54. The summed E-state index contributed by atoms with van der Waals surface area (Å²) in [6.07, 6.45) is -3.35. The molecule has 0 bridgehead atoms. The zero-order valence-electron chi connectivity index (χ0n) is 11.2. The number of carbonyl (C=O) groups excluding carboxylic acids is 1. The molecule has 1 saturated carbocycles. The predicted octanol–water partition coefficient (Wildman–Crippen LogP) is 0.580. The number of hydrogen-bond donors (Lipinski definition) is 2. The molecule has 1 amide bonds. The van der Waals surface area contributed by atoms with E-state index in [0.29, 0.717) is 22.8 Å². The molecular weight excluding hydrogens is 261 g/mol. The third-order valence-corrected chi connectivity index (χ3v) is 2.90. The zero-order chi connectivity index (χ0) is 14.6. The van der Waals surface area contributed by atoms with Gasteiger partial charge >= 0.3 is 6.18 Å². The van der Waals surface area contributed by atoms with Crippen LogP contribution in [0, 0.1) is 5.92 Å². The number of nitrogens with one attached hydrogen (secondary N) is 2. The van der Waals surface area contributed by atoms with Gasteiger partial charge in [0.2, 0.25) is 5.91 Å². The number of likely N-dealkylation sites (N-methyl/N-ethyl adjacent to an activating group) is 1. The first-order valence-corrected chi connectivity index (χ1v) is 6.01. The van der Waals surface area contributed by atoms with Crippen molar-refractivity contribution in [2.75, 3.05) is 27.2 Å². The molecule has 110 valence electrons. The van der Waals surface area contributed by atoms with Gasteiger partial charge in [-0.3, -0.25) is 9.79 Å². The maximum Gasteiger partial charge on any atom is 0.406 e. The average molecular weight is 280 g/mol. The number of carbonyl (C=O) groups is 1. The highest BCUT2D eigenvalue weighted by atomic mass is 19.4. The Morgan fingerprint density at radius 1 is 1.47 bits per heavy atom. The number of rotatable bonds is 4. The second-order valence-corrected chi connectivity index (χ2v) is 4.75. The zero-order valence-corrected chi connectivity index (χ0v) is 11.2. The van der Waals surface area contributed by atoms with E-state index in [1.807, 2.05) is 0 Å². The van der Waals surface area contributed by atoms with E-state index in [1.165, 1.54) is 0 Å². The van der Waals surface area contributed by atoms with Gasteiger partial charge in [-0.25, -0.2) is 0 Å². The van der Waals surface area contributed by atoms with Gasteiger partial charge in [-0.15, -0.1) is 0 Å². The van der Waals surface area contributed by atoms with E-state index in [-0.39, 0.29) is 6.54 Å². The van der Waals surface area contributed by atoms with Crippen molar-refractivity contribution >= 4 is 11.9 Å². The van der Waals surface area contributed by atoms with E-state index in [1.54, 1.807) is 7.05 Å². The fraction of sp³-hybridized carbons (Fsp3) is 0.818. The highest BCUT2D eigenvalue weighted by molar-refractivity contribution is 5.86. The Labute approximate surface area is 110 Å². The van der Waals surface area contributed by atoms with Gasteiger partial charge in [-0.2, -0.15) is 13.2 Å².